The zero-order valence-corrected chi connectivity index (χ0v) is 17.9. The molecule has 7 heteroatoms. The fourth-order valence-corrected chi connectivity index (χ4v) is 3.75. The molecule has 1 saturated heterocycles. The second-order valence-electron chi connectivity index (χ2n) is 7.14. The molecule has 2 aromatic rings. The molecule has 29 heavy (non-hydrogen) atoms. The van der Waals surface area contributed by atoms with Gasteiger partial charge in [0.15, 0.2) is 0 Å². The van der Waals surface area contributed by atoms with Crippen LogP contribution in [0.3, 0.4) is 0 Å². The van der Waals surface area contributed by atoms with Crippen molar-refractivity contribution in [2.45, 2.75) is 19.5 Å². The summed E-state index contributed by atoms with van der Waals surface area (Å²) in [4.78, 5) is 17.2. The van der Waals surface area contributed by atoms with Gasteiger partial charge in [-0.3, -0.25) is 9.69 Å². The van der Waals surface area contributed by atoms with E-state index in [-0.39, 0.29) is 5.91 Å². The van der Waals surface area contributed by atoms with Crippen LogP contribution in [0.15, 0.2) is 42.5 Å². The molecule has 0 spiro atoms. The smallest absolute Gasteiger partial charge is 0.244 e. The number of hydrogen-bond donors (Lipinski definition) is 1. The van der Waals surface area contributed by atoms with Gasteiger partial charge in [0.2, 0.25) is 5.91 Å². The lowest BCUT2D eigenvalue weighted by Gasteiger charge is -2.36. The number of carbonyl (C=O) groups is 1. The Morgan fingerprint density at radius 2 is 1.72 bits per heavy atom. The first-order chi connectivity index (χ1) is 14.0. The predicted molar refractivity (Wildman–Crippen MR) is 116 cm³/mol. The van der Waals surface area contributed by atoms with E-state index in [1.807, 2.05) is 17.9 Å². The van der Waals surface area contributed by atoms with Gasteiger partial charge in [-0.15, -0.1) is 0 Å². The quantitative estimate of drug-likeness (QED) is 0.747. The summed E-state index contributed by atoms with van der Waals surface area (Å²) in [5.74, 6) is 1.18. The summed E-state index contributed by atoms with van der Waals surface area (Å²) in [6, 6.07) is 13.5. The third kappa shape index (κ3) is 5.34. The highest BCUT2D eigenvalue weighted by molar-refractivity contribution is 6.32. The van der Waals surface area contributed by atoms with E-state index in [2.05, 4.69) is 34.5 Å². The van der Waals surface area contributed by atoms with Crippen molar-refractivity contribution in [3.63, 3.8) is 0 Å². The number of ether oxygens (including phenoxy) is 2. The van der Waals surface area contributed by atoms with Crippen LogP contribution in [-0.2, 0) is 11.3 Å². The van der Waals surface area contributed by atoms with E-state index in [0.717, 1.165) is 32.7 Å². The normalized spacial score (nSPS) is 15.7. The zero-order valence-electron chi connectivity index (χ0n) is 17.2. The van der Waals surface area contributed by atoms with Crippen LogP contribution < -0.4 is 14.8 Å². The summed E-state index contributed by atoms with van der Waals surface area (Å²) >= 11 is 6.23. The van der Waals surface area contributed by atoms with Crippen LogP contribution >= 0.6 is 11.6 Å². The standard InChI is InChI=1S/C22H28ClN3O3/c1-16(24-19-13-18(23)20(28-2)14-21(19)29-3)22(27)26-11-9-25(10-12-26)15-17-7-5-4-6-8-17/h4-8,13-14,16,24H,9-12,15H2,1-3H3/t16-/m1/s1. The van der Waals surface area contributed by atoms with Gasteiger partial charge < -0.3 is 19.7 Å². The summed E-state index contributed by atoms with van der Waals surface area (Å²) in [7, 11) is 3.13. The van der Waals surface area contributed by atoms with Gasteiger partial charge in [-0.05, 0) is 18.6 Å². The molecule has 2 aromatic carbocycles. The molecule has 0 saturated carbocycles. The SMILES string of the molecule is COc1cc(OC)c(N[C@H](C)C(=O)N2CCN(Cc3ccccc3)CC2)cc1Cl. The molecular weight excluding hydrogens is 390 g/mol. The molecule has 1 aliphatic rings. The van der Waals surface area contributed by atoms with Crippen LogP contribution in [0.5, 0.6) is 11.5 Å². The molecule has 1 heterocycles. The lowest BCUT2D eigenvalue weighted by molar-refractivity contribution is -0.133. The van der Waals surface area contributed by atoms with Crippen molar-refractivity contribution in [2.75, 3.05) is 45.7 Å². The molecule has 0 aromatic heterocycles. The largest absolute Gasteiger partial charge is 0.495 e. The summed E-state index contributed by atoms with van der Waals surface area (Å²) in [5.41, 5.74) is 1.97. The minimum atomic E-state index is -0.394. The van der Waals surface area contributed by atoms with E-state index in [1.165, 1.54) is 5.56 Å². The highest BCUT2D eigenvalue weighted by atomic mass is 35.5. The van der Waals surface area contributed by atoms with Crippen molar-refractivity contribution in [3.05, 3.63) is 53.1 Å². The maximum Gasteiger partial charge on any atom is 0.244 e. The Labute approximate surface area is 177 Å². The Balaban J connectivity index is 1.56. The Morgan fingerprint density at radius 1 is 1.07 bits per heavy atom. The van der Waals surface area contributed by atoms with Crippen LogP contribution in [0.25, 0.3) is 0 Å². The third-order valence-electron chi connectivity index (χ3n) is 5.15. The number of anilines is 1. The third-order valence-corrected chi connectivity index (χ3v) is 5.44. The fourth-order valence-electron chi connectivity index (χ4n) is 3.51. The molecule has 0 bridgehead atoms. The fraction of sp³-hybridized carbons (Fsp3) is 0.409. The average Bonchev–Trinajstić information content (AvgIpc) is 2.74. The average molecular weight is 418 g/mol. The van der Waals surface area contributed by atoms with Gasteiger partial charge in [-0.25, -0.2) is 0 Å². The van der Waals surface area contributed by atoms with Crippen molar-refractivity contribution in [3.8, 4) is 11.5 Å². The first-order valence-corrected chi connectivity index (χ1v) is 10.1. The zero-order chi connectivity index (χ0) is 20.8. The van der Waals surface area contributed by atoms with Gasteiger partial charge in [0.1, 0.15) is 17.5 Å². The molecule has 0 radical (unpaired) electrons. The van der Waals surface area contributed by atoms with E-state index in [4.69, 9.17) is 21.1 Å². The molecular formula is C22H28ClN3O3. The predicted octanol–water partition coefficient (Wildman–Crippen LogP) is 3.50. The van der Waals surface area contributed by atoms with Gasteiger partial charge in [0, 0.05) is 38.8 Å². The lowest BCUT2D eigenvalue weighted by Crippen LogP contribution is -2.51. The number of halogens is 1. The topological polar surface area (TPSA) is 54.0 Å². The highest BCUT2D eigenvalue weighted by Crippen LogP contribution is 2.36. The number of benzene rings is 2. The Morgan fingerprint density at radius 3 is 2.34 bits per heavy atom. The monoisotopic (exact) mass is 417 g/mol. The van der Waals surface area contributed by atoms with E-state index in [0.29, 0.717) is 22.2 Å². The number of nitrogens with zero attached hydrogens (tertiary/aromatic N) is 2. The van der Waals surface area contributed by atoms with Gasteiger partial charge in [-0.1, -0.05) is 41.9 Å². The minimum Gasteiger partial charge on any atom is -0.495 e. The Kier molecular flexibility index (Phi) is 7.23. The minimum absolute atomic E-state index is 0.0679. The van der Waals surface area contributed by atoms with Crippen LogP contribution in [0.2, 0.25) is 5.02 Å². The second-order valence-corrected chi connectivity index (χ2v) is 7.55. The number of carbonyl (C=O) groups excluding carboxylic acids is 1. The van der Waals surface area contributed by atoms with Gasteiger partial charge in [-0.2, -0.15) is 0 Å². The second kappa shape index (κ2) is 9.85. The Bertz CT molecular complexity index is 824. The first-order valence-electron chi connectivity index (χ1n) is 9.75. The molecule has 0 aliphatic carbocycles. The first kappa shape index (κ1) is 21.3. The van der Waals surface area contributed by atoms with Crippen molar-refractivity contribution >= 4 is 23.2 Å². The van der Waals surface area contributed by atoms with Crippen LogP contribution in [-0.4, -0.2) is 62.1 Å². The molecule has 1 aliphatic heterocycles. The number of amides is 1. The number of hydrogen-bond acceptors (Lipinski definition) is 5. The lowest BCUT2D eigenvalue weighted by atomic mass is 10.2. The summed E-state index contributed by atoms with van der Waals surface area (Å²) < 4.78 is 10.6. The molecule has 1 fully saturated rings. The molecule has 0 unspecified atom stereocenters. The molecule has 1 atom stereocenters. The maximum atomic E-state index is 12.9. The molecule has 1 amide bonds. The number of nitrogens with one attached hydrogen (secondary N) is 1. The summed E-state index contributed by atoms with van der Waals surface area (Å²) in [5, 5.41) is 3.69. The Hall–Kier alpha value is -2.44. The van der Waals surface area contributed by atoms with Gasteiger partial charge in [0.25, 0.3) is 0 Å². The van der Waals surface area contributed by atoms with Gasteiger partial charge in [0.05, 0.1) is 24.9 Å². The van der Waals surface area contributed by atoms with Gasteiger partial charge >= 0.3 is 0 Å². The van der Waals surface area contributed by atoms with Crippen LogP contribution in [0.4, 0.5) is 5.69 Å². The summed E-state index contributed by atoms with van der Waals surface area (Å²) in [6.07, 6.45) is 0. The molecule has 1 N–H and O–H groups in total. The number of piperazine rings is 1. The van der Waals surface area contributed by atoms with E-state index >= 15 is 0 Å². The molecule has 156 valence electrons. The van der Waals surface area contributed by atoms with Crippen LogP contribution in [0, 0.1) is 0 Å². The molecule has 3 rings (SSSR count). The number of methoxy groups -OCH3 is 2. The van der Waals surface area contributed by atoms with E-state index in [9.17, 15) is 4.79 Å². The summed E-state index contributed by atoms with van der Waals surface area (Å²) in [6.45, 7) is 5.95. The van der Waals surface area contributed by atoms with E-state index < -0.39 is 6.04 Å². The van der Waals surface area contributed by atoms with E-state index in [1.54, 1.807) is 26.4 Å². The van der Waals surface area contributed by atoms with Crippen LogP contribution in [0.1, 0.15) is 12.5 Å². The van der Waals surface area contributed by atoms with Crippen molar-refractivity contribution < 1.29 is 14.3 Å². The highest BCUT2D eigenvalue weighted by Gasteiger charge is 2.25. The van der Waals surface area contributed by atoms with Crippen molar-refractivity contribution in [1.29, 1.82) is 0 Å². The van der Waals surface area contributed by atoms with Crippen molar-refractivity contribution in [1.82, 2.24) is 9.80 Å². The maximum absolute atomic E-state index is 12.9. The molecule has 6 nitrogen and oxygen atoms in total. The van der Waals surface area contributed by atoms with Crippen molar-refractivity contribution in [2.24, 2.45) is 0 Å². The number of rotatable bonds is 7.